The highest BCUT2D eigenvalue weighted by Crippen LogP contribution is 2.19. The molecular formula is C27H53N3O10. The van der Waals surface area contributed by atoms with Crippen LogP contribution >= 0.6 is 0 Å². The van der Waals surface area contributed by atoms with E-state index >= 15 is 0 Å². The van der Waals surface area contributed by atoms with Crippen LogP contribution in [0.1, 0.15) is 87.5 Å². The molecular weight excluding hydrogens is 526 g/mol. The van der Waals surface area contributed by atoms with Crippen LogP contribution in [0.2, 0.25) is 0 Å². The van der Waals surface area contributed by atoms with Gasteiger partial charge in [0.15, 0.2) is 0 Å². The zero-order chi connectivity index (χ0) is 30.9. The van der Waals surface area contributed by atoms with Gasteiger partial charge in [0.25, 0.3) is 0 Å². The molecule has 0 aliphatic carbocycles. The highest BCUT2D eigenvalue weighted by molar-refractivity contribution is 5.83. The topological polar surface area (TPSA) is 174 Å². The fourth-order valence-corrected chi connectivity index (χ4v) is 3.22. The molecule has 0 radical (unpaired) electrons. The highest BCUT2D eigenvalue weighted by Gasteiger charge is 2.27. The maximum Gasteiger partial charge on any atom is 0.407 e. The van der Waals surface area contributed by atoms with Gasteiger partial charge in [0, 0.05) is 13.0 Å². The summed E-state index contributed by atoms with van der Waals surface area (Å²) in [5, 5.41) is 26.3. The normalized spacial score (nSPS) is 13.6. The number of carbonyl (C=O) groups excluding carboxylic acids is 3. The van der Waals surface area contributed by atoms with E-state index in [1.807, 2.05) is 13.8 Å². The van der Waals surface area contributed by atoms with E-state index < -0.39 is 34.5 Å². The molecule has 0 spiro atoms. The van der Waals surface area contributed by atoms with Crippen LogP contribution in [0.5, 0.6) is 0 Å². The first-order chi connectivity index (χ1) is 18.5. The largest absolute Gasteiger partial charge is 0.447 e. The lowest BCUT2D eigenvalue weighted by Crippen LogP contribution is -2.46. The maximum atomic E-state index is 12.5. The maximum absolute atomic E-state index is 12.5. The number of hydrogen-bond donors (Lipinski definition) is 5. The number of ether oxygens (including phenoxy) is 3. The molecule has 0 bridgehead atoms. The van der Waals surface area contributed by atoms with Gasteiger partial charge in [0.05, 0.1) is 42.6 Å². The summed E-state index contributed by atoms with van der Waals surface area (Å²) in [4.78, 5) is 44.1. The van der Waals surface area contributed by atoms with Gasteiger partial charge in [0.1, 0.15) is 18.5 Å². The Bertz CT molecular complexity index is 744. The number of unbranched alkanes of at least 4 members (excludes halogenated alkanes) is 1. The molecule has 0 aromatic carbocycles. The Labute approximate surface area is 238 Å². The quantitative estimate of drug-likeness (QED) is 0.0521. The molecule has 1 atom stereocenters. The Balaban J connectivity index is 4.48. The molecule has 0 aromatic heterocycles. The number of alkyl carbamates (subject to hydrolysis) is 1. The van der Waals surface area contributed by atoms with Gasteiger partial charge < -0.3 is 35.0 Å². The SMILES string of the molecule is CC(C)(CCOC(C)(C)CCNC(CCCCNC(=O)OCC(C)(C)OCC(C)(C)OO)C(=O)NCC=O)OO. The van der Waals surface area contributed by atoms with Crippen LogP contribution in [0.25, 0.3) is 0 Å². The van der Waals surface area contributed by atoms with E-state index in [0.29, 0.717) is 58.1 Å². The second-order valence-corrected chi connectivity index (χ2v) is 12.3. The zero-order valence-corrected chi connectivity index (χ0v) is 25.6. The summed E-state index contributed by atoms with van der Waals surface area (Å²) in [5.41, 5.74) is -2.81. The van der Waals surface area contributed by atoms with Gasteiger partial charge in [-0.1, -0.05) is 0 Å². The van der Waals surface area contributed by atoms with Crippen molar-refractivity contribution in [3.05, 3.63) is 0 Å². The Morgan fingerprint density at radius 1 is 0.775 bits per heavy atom. The van der Waals surface area contributed by atoms with Crippen LogP contribution < -0.4 is 16.0 Å². The lowest BCUT2D eigenvalue weighted by atomic mass is 10.0. The molecule has 0 aliphatic heterocycles. The second kappa shape index (κ2) is 18.5. The molecule has 0 aromatic rings. The average molecular weight is 580 g/mol. The molecule has 0 saturated carbocycles. The molecule has 0 fully saturated rings. The van der Waals surface area contributed by atoms with Gasteiger partial charge in [-0.15, -0.1) is 0 Å². The first kappa shape index (κ1) is 38.1. The smallest absolute Gasteiger partial charge is 0.407 e. The number of aldehydes is 1. The Hall–Kier alpha value is -1.87. The lowest BCUT2D eigenvalue weighted by Gasteiger charge is -2.29. The van der Waals surface area contributed by atoms with Crippen LogP contribution in [0.15, 0.2) is 0 Å². The van der Waals surface area contributed by atoms with Crippen molar-refractivity contribution in [3.8, 4) is 0 Å². The third kappa shape index (κ3) is 19.2. The van der Waals surface area contributed by atoms with E-state index in [9.17, 15) is 14.4 Å². The Morgan fingerprint density at radius 2 is 1.43 bits per heavy atom. The van der Waals surface area contributed by atoms with E-state index in [0.717, 1.165) is 0 Å². The molecule has 5 N–H and O–H groups in total. The summed E-state index contributed by atoms with van der Waals surface area (Å²) < 4.78 is 16.8. The summed E-state index contributed by atoms with van der Waals surface area (Å²) >= 11 is 0. The van der Waals surface area contributed by atoms with E-state index in [-0.39, 0.29) is 25.7 Å². The first-order valence-corrected chi connectivity index (χ1v) is 13.8. The van der Waals surface area contributed by atoms with Crippen molar-refractivity contribution in [1.29, 1.82) is 0 Å². The Kier molecular flexibility index (Phi) is 17.7. The summed E-state index contributed by atoms with van der Waals surface area (Å²) in [6, 6.07) is -0.505. The predicted molar refractivity (Wildman–Crippen MR) is 149 cm³/mol. The summed E-state index contributed by atoms with van der Waals surface area (Å²) in [5.74, 6) is -0.267. The molecule has 13 heteroatoms. The van der Waals surface area contributed by atoms with Crippen molar-refractivity contribution in [1.82, 2.24) is 16.0 Å². The minimum absolute atomic E-state index is 0.0102. The minimum Gasteiger partial charge on any atom is -0.447 e. The second-order valence-electron chi connectivity index (χ2n) is 12.3. The summed E-state index contributed by atoms with van der Waals surface area (Å²) in [6.45, 7) is 15.6. The van der Waals surface area contributed by atoms with Crippen molar-refractivity contribution in [2.75, 3.05) is 39.5 Å². The monoisotopic (exact) mass is 579 g/mol. The van der Waals surface area contributed by atoms with Crippen molar-refractivity contribution in [2.24, 2.45) is 0 Å². The standard InChI is InChI=1S/C27H53N3O10/c1-24(2,37-18-13-25(3,4)39-34)12-15-28-21(22(32)29-16-17-31)11-9-10-14-30-23(33)36-19-26(5,6)38-20-27(7,8)40-35/h17,21,28,34-35H,9-16,18-20H2,1-8H3,(H,29,32)(H,30,33). The zero-order valence-electron chi connectivity index (χ0n) is 25.6. The molecule has 0 rings (SSSR count). The number of carbonyl (C=O) groups is 3. The fourth-order valence-electron chi connectivity index (χ4n) is 3.22. The third-order valence-corrected chi connectivity index (χ3v) is 6.04. The van der Waals surface area contributed by atoms with Crippen LogP contribution in [0, 0.1) is 0 Å². The van der Waals surface area contributed by atoms with E-state index in [2.05, 4.69) is 25.7 Å². The fraction of sp³-hybridized carbons (Fsp3) is 0.889. The van der Waals surface area contributed by atoms with Crippen molar-refractivity contribution in [2.45, 2.75) is 116 Å². The first-order valence-electron chi connectivity index (χ1n) is 13.8. The van der Waals surface area contributed by atoms with E-state index in [4.69, 9.17) is 24.7 Å². The highest BCUT2D eigenvalue weighted by atomic mass is 17.1. The Morgan fingerprint density at radius 3 is 2.02 bits per heavy atom. The van der Waals surface area contributed by atoms with Gasteiger partial charge in [-0.2, -0.15) is 0 Å². The molecule has 40 heavy (non-hydrogen) atoms. The lowest BCUT2D eigenvalue weighted by molar-refractivity contribution is -0.327. The van der Waals surface area contributed by atoms with Crippen LogP contribution in [-0.4, -0.2) is 96.7 Å². The number of amides is 2. The van der Waals surface area contributed by atoms with Gasteiger partial charge in [-0.25, -0.2) is 14.6 Å². The van der Waals surface area contributed by atoms with Crippen LogP contribution in [0.4, 0.5) is 4.79 Å². The summed E-state index contributed by atoms with van der Waals surface area (Å²) in [6.07, 6.45) is 2.97. The molecule has 236 valence electrons. The number of hydrogen-bond acceptors (Lipinski definition) is 11. The number of nitrogens with one attached hydrogen (secondary N) is 3. The van der Waals surface area contributed by atoms with Gasteiger partial charge >= 0.3 is 6.09 Å². The summed E-state index contributed by atoms with van der Waals surface area (Å²) in [7, 11) is 0. The minimum atomic E-state index is -0.881. The van der Waals surface area contributed by atoms with Crippen molar-refractivity contribution in [3.63, 3.8) is 0 Å². The van der Waals surface area contributed by atoms with E-state index in [1.165, 1.54) is 0 Å². The average Bonchev–Trinajstić information content (AvgIpc) is 2.88. The van der Waals surface area contributed by atoms with Crippen LogP contribution in [0.3, 0.4) is 0 Å². The molecule has 1 unspecified atom stereocenters. The molecule has 2 amide bonds. The molecule has 0 saturated heterocycles. The van der Waals surface area contributed by atoms with Gasteiger partial charge in [0.2, 0.25) is 5.91 Å². The molecule has 0 heterocycles. The number of rotatable bonds is 23. The third-order valence-electron chi connectivity index (χ3n) is 6.04. The van der Waals surface area contributed by atoms with Gasteiger partial charge in [-0.05, 0) is 87.6 Å². The van der Waals surface area contributed by atoms with Crippen LogP contribution in [-0.2, 0) is 33.6 Å². The van der Waals surface area contributed by atoms with Crippen molar-refractivity contribution >= 4 is 18.3 Å². The molecule has 0 aliphatic rings. The van der Waals surface area contributed by atoms with Crippen molar-refractivity contribution < 1.29 is 48.9 Å². The van der Waals surface area contributed by atoms with Gasteiger partial charge in [-0.3, -0.25) is 15.3 Å². The van der Waals surface area contributed by atoms with E-state index in [1.54, 1.807) is 41.5 Å². The molecule has 13 nitrogen and oxygen atoms in total. The predicted octanol–water partition coefficient (Wildman–Crippen LogP) is 3.06.